The highest BCUT2D eigenvalue weighted by molar-refractivity contribution is 7.84. The largest absolute Gasteiger partial charge is 0.481 e. The number of rotatable bonds is 5. The summed E-state index contributed by atoms with van der Waals surface area (Å²) in [4.78, 5) is 11.4. The molecule has 104 valence electrons. The van der Waals surface area contributed by atoms with Crippen LogP contribution in [0.3, 0.4) is 0 Å². The van der Waals surface area contributed by atoms with Gasteiger partial charge in [0.1, 0.15) is 0 Å². The molecule has 0 saturated carbocycles. The molecule has 0 aliphatic heterocycles. The van der Waals surface area contributed by atoms with Crippen molar-refractivity contribution in [1.82, 2.24) is 0 Å². The molecule has 0 aliphatic rings. The van der Waals surface area contributed by atoms with E-state index in [1.54, 1.807) is 12.1 Å². The molecule has 0 amide bonds. The van der Waals surface area contributed by atoms with Gasteiger partial charge in [0.05, 0.1) is 23.0 Å². The van der Waals surface area contributed by atoms with Crippen LogP contribution in [0.5, 0.6) is 0 Å². The highest BCUT2D eigenvalue weighted by Crippen LogP contribution is 2.14. The number of carbonyl (C=O) groups is 1. The molecule has 1 N–H and O–H groups in total. The predicted molar refractivity (Wildman–Crippen MR) is 79.1 cm³/mol. The van der Waals surface area contributed by atoms with Gasteiger partial charge in [0, 0.05) is 4.90 Å². The van der Waals surface area contributed by atoms with Crippen LogP contribution in [-0.2, 0) is 27.8 Å². The molecule has 0 heterocycles. The lowest BCUT2D eigenvalue weighted by atomic mass is 10.1. The molecule has 0 aliphatic carbocycles. The quantitative estimate of drug-likeness (QED) is 0.920. The number of carboxylic acids is 1. The average molecular weight is 288 g/mol. The maximum absolute atomic E-state index is 12.2. The van der Waals surface area contributed by atoms with Crippen LogP contribution in [0, 0.1) is 6.92 Å². The lowest BCUT2D eigenvalue weighted by molar-refractivity contribution is -0.136. The molecule has 2 rings (SSSR count). The first-order chi connectivity index (χ1) is 9.54. The molecule has 0 saturated heterocycles. The van der Waals surface area contributed by atoms with Gasteiger partial charge < -0.3 is 5.11 Å². The van der Waals surface area contributed by atoms with E-state index in [9.17, 15) is 9.00 Å². The Balaban J connectivity index is 2.04. The zero-order valence-electron chi connectivity index (χ0n) is 11.2. The monoisotopic (exact) mass is 288 g/mol. The Morgan fingerprint density at radius 1 is 1.00 bits per heavy atom. The summed E-state index contributed by atoms with van der Waals surface area (Å²) in [5.41, 5.74) is 2.84. The summed E-state index contributed by atoms with van der Waals surface area (Å²) in [5, 5.41) is 8.70. The van der Waals surface area contributed by atoms with Crippen molar-refractivity contribution in [3.05, 3.63) is 65.2 Å². The minimum Gasteiger partial charge on any atom is -0.481 e. The second kappa shape index (κ2) is 6.48. The Labute approximate surface area is 120 Å². The first-order valence-corrected chi connectivity index (χ1v) is 7.61. The zero-order valence-corrected chi connectivity index (χ0v) is 12.0. The van der Waals surface area contributed by atoms with Crippen LogP contribution in [0.25, 0.3) is 0 Å². The Morgan fingerprint density at radius 2 is 1.55 bits per heavy atom. The van der Waals surface area contributed by atoms with Gasteiger partial charge in [0.15, 0.2) is 0 Å². The van der Waals surface area contributed by atoms with Gasteiger partial charge in [-0.25, -0.2) is 0 Å². The standard InChI is InChI=1S/C16H16O3S/c1-12-2-8-15(9-3-12)20(19)11-14-6-4-13(5-7-14)10-16(17)18/h2-9H,10-11H2,1H3,(H,17,18). The minimum absolute atomic E-state index is 0.0152. The van der Waals surface area contributed by atoms with Crippen LogP contribution in [0.2, 0.25) is 0 Å². The Hall–Kier alpha value is -1.94. The molecule has 0 aromatic heterocycles. The van der Waals surface area contributed by atoms with E-state index in [0.29, 0.717) is 5.75 Å². The van der Waals surface area contributed by atoms with E-state index in [2.05, 4.69) is 0 Å². The molecule has 2 aromatic rings. The van der Waals surface area contributed by atoms with Gasteiger partial charge in [0.2, 0.25) is 0 Å². The highest BCUT2D eigenvalue weighted by Gasteiger charge is 2.06. The van der Waals surface area contributed by atoms with E-state index in [1.807, 2.05) is 43.3 Å². The Morgan fingerprint density at radius 3 is 2.10 bits per heavy atom. The number of hydrogen-bond donors (Lipinski definition) is 1. The van der Waals surface area contributed by atoms with E-state index < -0.39 is 16.8 Å². The molecule has 0 bridgehead atoms. The molecule has 0 radical (unpaired) electrons. The molecule has 1 unspecified atom stereocenters. The van der Waals surface area contributed by atoms with E-state index in [1.165, 1.54) is 0 Å². The third-order valence-corrected chi connectivity index (χ3v) is 4.35. The van der Waals surface area contributed by atoms with Crippen LogP contribution in [-0.4, -0.2) is 15.3 Å². The van der Waals surface area contributed by atoms with Gasteiger partial charge in [-0.15, -0.1) is 0 Å². The topological polar surface area (TPSA) is 54.4 Å². The third-order valence-electron chi connectivity index (χ3n) is 2.96. The molecular formula is C16H16O3S. The summed E-state index contributed by atoms with van der Waals surface area (Å²) in [6.45, 7) is 1.99. The summed E-state index contributed by atoms with van der Waals surface area (Å²) in [5.74, 6) is -0.405. The minimum atomic E-state index is -1.08. The van der Waals surface area contributed by atoms with Crippen molar-refractivity contribution in [1.29, 1.82) is 0 Å². The predicted octanol–water partition coefficient (Wildman–Crippen LogP) is 2.93. The van der Waals surface area contributed by atoms with Crippen LogP contribution >= 0.6 is 0 Å². The smallest absolute Gasteiger partial charge is 0.307 e. The third kappa shape index (κ3) is 4.03. The molecule has 1 atom stereocenters. The summed E-state index contributed by atoms with van der Waals surface area (Å²) >= 11 is 0. The van der Waals surface area contributed by atoms with Gasteiger partial charge in [-0.1, -0.05) is 42.0 Å². The fourth-order valence-electron chi connectivity index (χ4n) is 1.85. The van der Waals surface area contributed by atoms with Gasteiger partial charge >= 0.3 is 5.97 Å². The van der Waals surface area contributed by atoms with Crippen LogP contribution in [0.4, 0.5) is 0 Å². The molecule has 3 nitrogen and oxygen atoms in total. The summed E-state index contributed by atoms with van der Waals surface area (Å²) < 4.78 is 12.2. The van der Waals surface area contributed by atoms with E-state index in [-0.39, 0.29) is 6.42 Å². The first kappa shape index (κ1) is 14.5. The lowest BCUT2D eigenvalue weighted by Crippen LogP contribution is -2.01. The maximum Gasteiger partial charge on any atom is 0.307 e. The second-order valence-electron chi connectivity index (χ2n) is 4.69. The van der Waals surface area contributed by atoms with E-state index >= 15 is 0 Å². The number of hydrogen-bond acceptors (Lipinski definition) is 2. The molecule has 0 spiro atoms. The van der Waals surface area contributed by atoms with Gasteiger partial charge in [-0.05, 0) is 30.2 Å². The van der Waals surface area contributed by atoms with Crippen molar-refractivity contribution in [2.45, 2.75) is 24.0 Å². The number of aliphatic carboxylic acids is 1. The van der Waals surface area contributed by atoms with Gasteiger partial charge in [-0.3, -0.25) is 9.00 Å². The Kier molecular flexibility index (Phi) is 4.69. The van der Waals surface area contributed by atoms with Gasteiger partial charge in [0.25, 0.3) is 0 Å². The molecule has 2 aromatic carbocycles. The first-order valence-electron chi connectivity index (χ1n) is 6.29. The second-order valence-corrected chi connectivity index (χ2v) is 6.14. The molecule has 20 heavy (non-hydrogen) atoms. The Bertz CT molecular complexity index is 615. The van der Waals surface area contributed by atoms with Crippen molar-refractivity contribution < 1.29 is 14.1 Å². The fraction of sp³-hybridized carbons (Fsp3) is 0.188. The van der Waals surface area contributed by atoms with Crippen molar-refractivity contribution in [2.75, 3.05) is 0 Å². The highest BCUT2D eigenvalue weighted by atomic mass is 32.2. The number of carboxylic acid groups (broad SMARTS) is 1. The molecular weight excluding hydrogens is 272 g/mol. The summed E-state index contributed by atoms with van der Waals surface area (Å²) in [6, 6.07) is 14.9. The summed E-state index contributed by atoms with van der Waals surface area (Å²) in [7, 11) is -1.08. The van der Waals surface area contributed by atoms with E-state index in [0.717, 1.165) is 21.6 Å². The van der Waals surface area contributed by atoms with Crippen LogP contribution in [0.1, 0.15) is 16.7 Å². The molecule has 4 heteroatoms. The van der Waals surface area contributed by atoms with E-state index in [4.69, 9.17) is 5.11 Å². The van der Waals surface area contributed by atoms with Crippen LogP contribution < -0.4 is 0 Å². The van der Waals surface area contributed by atoms with Crippen molar-refractivity contribution in [3.8, 4) is 0 Å². The summed E-state index contributed by atoms with van der Waals surface area (Å²) in [6.07, 6.45) is 0.0152. The fourth-order valence-corrected chi connectivity index (χ4v) is 2.95. The maximum atomic E-state index is 12.2. The van der Waals surface area contributed by atoms with Crippen molar-refractivity contribution in [3.63, 3.8) is 0 Å². The SMILES string of the molecule is Cc1ccc(S(=O)Cc2ccc(CC(=O)O)cc2)cc1. The number of benzene rings is 2. The van der Waals surface area contributed by atoms with Gasteiger partial charge in [-0.2, -0.15) is 0 Å². The zero-order chi connectivity index (χ0) is 14.5. The van der Waals surface area contributed by atoms with Crippen molar-refractivity contribution in [2.24, 2.45) is 0 Å². The number of aryl methyl sites for hydroxylation is 1. The average Bonchev–Trinajstić information content (AvgIpc) is 2.41. The molecule has 0 fully saturated rings. The lowest BCUT2D eigenvalue weighted by Gasteiger charge is -2.04. The van der Waals surface area contributed by atoms with Crippen LogP contribution in [0.15, 0.2) is 53.4 Å². The van der Waals surface area contributed by atoms with Crippen molar-refractivity contribution >= 4 is 16.8 Å². The normalized spacial score (nSPS) is 12.1.